The van der Waals surface area contributed by atoms with E-state index in [1.807, 2.05) is 24.3 Å². The molecule has 0 radical (unpaired) electrons. The van der Waals surface area contributed by atoms with E-state index >= 15 is 0 Å². The van der Waals surface area contributed by atoms with E-state index in [-0.39, 0.29) is 12.0 Å². The number of benzene rings is 1. The van der Waals surface area contributed by atoms with Gasteiger partial charge in [-0.2, -0.15) is 0 Å². The van der Waals surface area contributed by atoms with Gasteiger partial charge in [0, 0.05) is 24.2 Å². The summed E-state index contributed by atoms with van der Waals surface area (Å²) in [7, 11) is 1.64. The first-order valence-corrected chi connectivity index (χ1v) is 9.13. The van der Waals surface area contributed by atoms with Crippen LogP contribution < -0.4 is 4.74 Å². The third kappa shape index (κ3) is 2.71. The van der Waals surface area contributed by atoms with E-state index in [0.717, 1.165) is 48.0 Å². The molecule has 134 valence electrons. The molecule has 5 heteroatoms. The minimum absolute atomic E-state index is 0.0439. The Kier molecular flexibility index (Phi) is 4.18. The Morgan fingerprint density at radius 1 is 1.40 bits per heavy atom. The van der Waals surface area contributed by atoms with E-state index in [1.165, 1.54) is 0 Å². The number of methoxy groups -OCH3 is 1. The molecule has 2 bridgehead atoms. The molecule has 25 heavy (non-hydrogen) atoms. The molecule has 5 atom stereocenters. The number of ether oxygens (including phenoxy) is 1. The molecule has 3 aliphatic rings. The van der Waals surface area contributed by atoms with Crippen molar-refractivity contribution in [3.63, 3.8) is 0 Å². The fraction of sp³-hybridized carbons (Fsp3) is 0.550. The Morgan fingerprint density at radius 3 is 2.92 bits per heavy atom. The average Bonchev–Trinajstić information content (AvgIpc) is 2.66. The van der Waals surface area contributed by atoms with Crippen molar-refractivity contribution >= 4 is 10.9 Å². The fourth-order valence-electron chi connectivity index (χ4n) is 4.68. The van der Waals surface area contributed by atoms with Crippen LogP contribution in [0.25, 0.3) is 10.9 Å². The zero-order valence-electron chi connectivity index (χ0n) is 14.9. The monoisotopic (exact) mass is 342 g/mol. The average molecular weight is 342 g/mol. The summed E-state index contributed by atoms with van der Waals surface area (Å²) in [5.41, 5.74) is 1.15. The van der Waals surface area contributed by atoms with Crippen molar-refractivity contribution in [2.45, 2.75) is 43.9 Å². The molecular formula is C20H26N2O3. The van der Waals surface area contributed by atoms with Gasteiger partial charge in [0.1, 0.15) is 5.75 Å². The SMILES string of the molecule is CCC1(O)CN2CCC1CC2C(O)c1ccnc2ccc(OC)cc12. The van der Waals surface area contributed by atoms with Crippen LogP contribution in [0.3, 0.4) is 0 Å². The highest BCUT2D eigenvalue weighted by molar-refractivity contribution is 5.83. The largest absolute Gasteiger partial charge is 0.497 e. The van der Waals surface area contributed by atoms with Gasteiger partial charge in [-0.3, -0.25) is 9.88 Å². The number of fused-ring (bicyclic) bond motifs is 4. The van der Waals surface area contributed by atoms with Crippen LogP contribution in [0.1, 0.15) is 37.9 Å². The summed E-state index contributed by atoms with van der Waals surface area (Å²) in [5, 5.41) is 22.9. The molecule has 0 aliphatic carbocycles. The van der Waals surface area contributed by atoms with E-state index in [0.29, 0.717) is 6.54 Å². The Morgan fingerprint density at radius 2 is 2.24 bits per heavy atom. The van der Waals surface area contributed by atoms with Crippen LogP contribution in [0.2, 0.25) is 0 Å². The van der Waals surface area contributed by atoms with E-state index < -0.39 is 11.7 Å². The second-order valence-corrected chi connectivity index (χ2v) is 7.44. The molecule has 3 aliphatic heterocycles. The molecule has 0 spiro atoms. The molecular weight excluding hydrogens is 316 g/mol. The van der Waals surface area contributed by atoms with Gasteiger partial charge >= 0.3 is 0 Å². The van der Waals surface area contributed by atoms with Gasteiger partial charge in [-0.1, -0.05) is 6.92 Å². The first-order valence-electron chi connectivity index (χ1n) is 9.13. The quantitative estimate of drug-likeness (QED) is 0.894. The maximum absolute atomic E-state index is 11.2. The number of aliphatic hydroxyl groups excluding tert-OH is 1. The van der Waals surface area contributed by atoms with Gasteiger partial charge in [-0.25, -0.2) is 0 Å². The number of hydrogen-bond acceptors (Lipinski definition) is 5. The molecule has 2 N–H and O–H groups in total. The molecule has 5 unspecified atom stereocenters. The van der Waals surface area contributed by atoms with Gasteiger partial charge in [0.05, 0.1) is 24.3 Å². The summed E-state index contributed by atoms with van der Waals surface area (Å²) in [4.78, 5) is 6.67. The van der Waals surface area contributed by atoms with Crippen molar-refractivity contribution in [1.29, 1.82) is 0 Å². The maximum Gasteiger partial charge on any atom is 0.119 e. The Labute approximate surface area is 148 Å². The summed E-state index contributed by atoms with van der Waals surface area (Å²) >= 11 is 0. The lowest BCUT2D eigenvalue weighted by molar-refractivity contribution is -0.153. The van der Waals surface area contributed by atoms with Crippen LogP contribution in [0.5, 0.6) is 5.75 Å². The van der Waals surface area contributed by atoms with E-state index in [1.54, 1.807) is 13.3 Å². The van der Waals surface area contributed by atoms with Crippen molar-refractivity contribution in [2.24, 2.45) is 5.92 Å². The third-order valence-corrected chi connectivity index (χ3v) is 6.27. The molecule has 0 amide bonds. The van der Waals surface area contributed by atoms with Crippen LogP contribution in [0.4, 0.5) is 0 Å². The van der Waals surface area contributed by atoms with Crippen LogP contribution in [0, 0.1) is 5.92 Å². The normalized spacial score (nSPS) is 32.7. The van der Waals surface area contributed by atoms with Gasteiger partial charge < -0.3 is 14.9 Å². The number of rotatable bonds is 4. The molecule has 5 rings (SSSR count). The Hall–Kier alpha value is -1.69. The van der Waals surface area contributed by atoms with Crippen LogP contribution >= 0.6 is 0 Å². The van der Waals surface area contributed by atoms with Crippen molar-refractivity contribution in [3.05, 3.63) is 36.0 Å². The lowest BCUT2D eigenvalue weighted by Gasteiger charge is -2.55. The Balaban J connectivity index is 1.68. The van der Waals surface area contributed by atoms with E-state index in [4.69, 9.17) is 4.74 Å². The van der Waals surface area contributed by atoms with Gasteiger partial charge in [-0.05, 0) is 61.6 Å². The molecule has 1 aromatic carbocycles. The van der Waals surface area contributed by atoms with Crippen LogP contribution in [-0.4, -0.2) is 51.9 Å². The minimum atomic E-state index is -0.599. The summed E-state index contributed by atoms with van der Waals surface area (Å²) in [6.07, 6.45) is 3.78. The minimum Gasteiger partial charge on any atom is -0.497 e. The van der Waals surface area contributed by atoms with Crippen molar-refractivity contribution in [1.82, 2.24) is 9.88 Å². The number of hydrogen-bond donors (Lipinski definition) is 2. The van der Waals surface area contributed by atoms with Gasteiger partial charge in [0.25, 0.3) is 0 Å². The summed E-state index contributed by atoms with van der Waals surface area (Å²) in [6, 6.07) is 7.70. The van der Waals surface area contributed by atoms with Crippen molar-refractivity contribution in [2.75, 3.05) is 20.2 Å². The predicted molar refractivity (Wildman–Crippen MR) is 96.6 cm³/mol. The van der Waals surface area contributed by atoms with E-state index in [2.05, 4.69) is 16.8 Å². The fourth-order valence-corrected chi connectivity index (χ4v) is 4.68. The van der Waals surface area contributed by atoms with Crippen molar-refractivity contribution in [3.8, 4) is 5.75 Å². The molecule has 5 nitrogen and oxygen atoms in total. The number of nitrogens with zero attached hydrogens (tertiary/aromatic N) is 2. The first-order chi connectivity index (χ1) is 12.1. The zero-order chi connectivity index (χ0) is 17.6. The summed E-state index contributed by atoms with van der Waals surface area (Å²) < 4.78 is 5.34. The number of aromatic nitrogens is 1. The smallest absolute Gasteiger partial charge is 0.119 e. The van der Waals surface area contributed by atoms with Crippen molar-refractivity contribution < 1.29 is 14.9 Å². The van der Waals surface area contributed by atoms with Gasteiger partial charge in [-0.15, -0.1) is 0 Å². The molecule has 4 heterocycles. The molecule has 1 aromatic heterocycles. The van der Waals surface area contributed by atoms with Gasteiger partial charge in [0.2, 0.25) is 0 Å². The first kappa shape index (κ1) is 16.8. The molecule has 3 saturated heterocycles. The second-order valence-electron chi connectivity index (χ2n) is 7.44. The second kappa shape index (κ2) is 6.24. The number of aliphatic hydroxyl groups is 2. The lowest BCUT2D eigenvalue weighted by Crippen LogP contribution is -2.63. The molecule has 0 saturated carbocycles. The highest BCUT2D eigenvalue weighted by atomic mass is 16.5. The summed E-state index contributed by atoms with van der Waals surface area (Å²) in [6.45, 7) is 3.65. The Bertz CT molecular complexity index is 781. The number of pyridine rings is 1. The van der Waals surface area contributed by atoms with Crippen LogP contribution in [-0.2, 0) is 0 Å². The third-order valence-electron chi connectivity index (χ3n) is 6.27. The van der Waals surface area contributed by atoms with Gasteiger partial charge in [0.15, 0.2) is 0 Å². The maximum atomic E-state index is 11.2. The number of piperidine rings is 3. The predicted octanol–water partition coefficient (Wildman–Crippen LogP) is 2.51. The topological polar surface area (TPSA) is 65.8 Å². The highest BCUT2D eigenvalue weighted by Crippen LogP contribution is 2.44. The lowest BCUT2D eigenvalue weighted by atomic mass is 9.69. The molecule has 2 aromatic rings. The van der Waals surface area contributed by atoms with Crippen LogP contribution in [0.15, 0.2) is 30.5 Å². The highest BCUT2D eigenvalue weighted by Gasteiger charge is 2.50. The summed E-state index contributed by atoms with van der Waals surface area (Å²) in [5.74, 6) is 1.03. The van der Waals surface area contributed by atoms with E-state index in [9.17, 15) is 10.2 Å². The zero-order valence-corrected chi connectivity index (χ0v) is 14.9. The molecule has 3 fully saturated rings. The standard InChI is InChI=1S/C20H26N2O3/c1-3-20(24)12-22-9-7-13(20)10-18(22)19(23)15-6-8-21-17-5-4-14(25-2)11-16(15)17/h4-6,8,11,13,18-19,23-24H,3,7,9-10,12H2,1-2H3.